The van der Waals surface area contributed by atoms with Crippen molar-refractivity contribution in [3.8, 4) is 46.8 Å². The number of carbonyl (C=O) groups is 17. The number of aryl methyl sites for hydroxylation is 4. The van der Waals surface area contributed by atoms with Gasteiger partial charge < -0.3 is 108 Å². The van der Waals surface area contributed by atoms with Crippen molar-refractivity contribution < 1.29 is 170 Å². The van der Waals surface area contributed by atoms with Crippen LogP contribution in [0, 0.1) is 52.8 Å². The molecule has 6 aromatic rings. The van der Waals surface area contributed by atoms with E-state index in [9.17, 15) is 142 Å². The van der Waals surface area contributed by atoms with Crippen LogP contribution in [0.4, 0.5) is 4.39 Å². The lowest BCUT2D eigenvalue weighted by molar-refractivity contribution is -0.123. The van der Waals surface area contributed by atoms with Crippen molar-refractivity contribution in [2.24, 2.45) is 0 Å². The zero-order chi connectivity index (χ0) is 104. The minimum absolute atomic E-state index is 0.00386. The number of para-hydroxylation sites is 1. The summed E-state index contributed by atoms with van der Waals surface area (Å²) in [6, 6.07) is 16.2. The summed E-state index contributed by atoms with van der Waals surface area (Å²) in [6.45, 7) is 16.7. The Hall–Kier alpha value is -12.3. The van der Waals surface area contributed by atoms with Crippen molar-refractivity contribution in [3.05, 3.63) is 171 Å². The van der Waals surface area contributed by atoms with Crippen LogP contribution in [0.1, 0.15) is 287 Å². The number of carboxylic acid groups (broad SMARTS) is 5. The molecule has 0 aliphatic carbocycles. The summed E-state index contributed by atoms with van der Waals surface area (Å²) < 4.78 is 46.6. The van der Waals surface area contributed by atoms with Crippen molar-refractivity contribution in [3.63, 3.8) is 0 Å². The van der Waals surface area contributed by atoms with Gasteiger partial charge in [0.2, 0.25) is 0 Å². The summed E-state index contributed by atoms with van der Waals surface area (Å²) in [4.78, 5) is 195. The highest BCUT2D eigenvalue weighted by Gasteiger charge is 2.46. The molecule has 6 aliphatic rings. The summed E-state index contributed by atoms with van der Waals surface area (Å²) in [5, 5.41) is 108. The van der Waals surface area contributed by atoms with E-state index in [0.717, 1.165) is 17.2 Å². The largest absolute Gasteiger partial charge is 0.535 e. The van der Waals surface area contributed by atoms with Crippen molar-refractivity contribution in [1.29, 1.82) is 0 Å². The van der Waals surface area contributed by atoms with Gasteiger partial charge in [-0.3, -0.25) is 33.6 Å². The van der Waals surface area contributed by atoms with Crippen LogP contribution in [0.3, 0.4) is 0 Å². The molecule has 12 rings (SSSR count). The Balaban J connectivity index is 0.000000228. The molecule has 0 saturated carbocycles. The number of fused-ring (bicyclic) bond motifs is 6. The Bertz CT molecular complexity index is 5710. The number of carboxylic acids is 5. The number of aromatic carboxylic acids is 5. The predicted octanol–water partition coefficient (Wildman–Crippen LogP) is 12.9. The monoisotopic (exact) mass is 1970 g/mol. The summed E-state index contributed by atoms with van der Waals surface area (Å²) in [7, 11) is -7.51. The van der Waals surface area contributed by atoms with Crippen LogP contribution in [-0.4, -0.2) is 198 Å². The van der Waals surface area contributed by atoms with Gasteiger partial charge >= 0.3 is 72.6 Å². The van der Waals surface area contributed by atoms with Crippen LogP contribution in [0.2, 0.25) is 44.9 Å². The molecule has 6 heterocycles. The van der Waals surface area contributed by atoms with Gasteiger partial charge in [-0.05, 0) is 202 Å². The minimum Gasteiger partial charge on any atom is -0.535 e. The molecule has 742 valence electrons. The summed E-state index contributed by atoms with van der Waals surface area (Å²) >= 11 is 12.3. The predicted molar refractivity (Wildman–Crippen MR) is 513 cm³/mol. The van der Waals surface area contributed by atoms with E-state index >= 15 is 0 Å². The maximum Gasteiger partial charge on any atom is 0.526 e. The molecule has 140 heavy (non-hydrogen) atoms. The van der Waals surface area contributed by atoms with E-state index in [1.54, 1.807) is 64.1 Å². The van der Waals surface area contributed by atoms with E-state index in [1.165, 1.54) is 60.6 Å². The van der Waals surface area contributed by atoms with Gasteiger partial charge in [0, 0.05) is 167 Å². The fourth-order valence-electron chi connectivity index (χ4n) is 16.6. The van der Waals surface area contributed by atoms with Crippen molar-refractivity contribution in [1.82, 2.24) is 0 Å². The SMILES string of the molecule is C#CCCCC(=O)C[C@H]1Cc2cccc(C(C)=O)c2OB1O.CC(=O)CCC(=O)C[C@H]1Cc2c(Cl)c(C)cc(C(=O)O)c2OB1O.CC(=O)CCC(=O)C[C@H]1Cc2c(F)c(C)cc(C(=O)O)c2OB1O.CC(=O)CCC(=O)C[C@H]1Cc2cc(C)cc(C(=O)O)c2OB1O.CC(=O)CCC(=O)C[C@H]1Cc2cc(Cl)c(C)c(C(=O)O)c2OB1O.CC(=O)CCC(=O)C[C@H]1Cc2ccc(C)c(C(=O)O)c2OB1O. The number of halogens is 3. The van der Waals surface area contributed by atoms with Crippen LogP contribution in [0.15, 0.2) is 60.7 Å². The molecule has 11 N–H and O–H groups in total. The fourth-order valence-corrected chi connectivity index (χ4v) is 17.1. The Morgan fingerprint density at radius 1 is 0.357 bits per heavy atom. The van der Waals surface area contributed by atoms with Gasteiger partial charge in [0.25, 0.3) is 0 Å². The Morgan fingerprint density at radius 2 is 0.679 bits per heavy atom. The van der Waals surface area contributed by atoms with Gasteiger partial charge in [-0.25, -0.2) is 28.4 Å². The third kappa shape index (κ3) is 32.7. The lowest BCUT2D eigenvalue weighted by atomic mass is 9.64. The first-order valence-electron chi connectivity index (χ1n) is 45.3. The quantitative estimate of drug-likeness (QED) is 0.00753. The van der Waals surface area contributed by atoms with Gasteiger partial charge in [-0.1, -0.05) is 53.5 Å². The molecular weight excluding hydrogens is 1860 g/mol. The molecule has 0 fully saturated rings. The molecule has 6 aliphatic heterocycles. The van der Waals surface area contributed by atoms with Gasteiger partial charge in [0.05, 0.1) is 10.6 Å². The second-order valence-electron chi connectivity index (χ2n) is 35.9. The van der Waals surface area contributed by atoms with E-state index in [1.807, 2.05) is 6.07 Å². The molecular formula is C97H111B6Cl2FO34. The topological polar surface area (TPSA) is 568 Å². The third-order valence-electron chi connectivity index (χ3n) is 24.1. The second-order valence-corrected chi connectivity index (χ2v) is 36.6. The molecule has 0 spiro atoms. The van der Waals surface area contributed by atoms with Crippen molar-refractivity contribution >= 4 is 165 Å². The lowest BCUT2D eigenvalue weighted by Crippen LogP contribution is -2.36. The van der Waals surface area contributed by atoms with E-state index in [4.69, 9.17) is 57.6 Å². The molecule has 43 heteroatoms. The highest BCUT2D eigenvalue weighted by molar-refractivity contribution is 6.50. The smallest absolute Gasteiger partial charge is 0.526 e. The van der Waals surface area contributed by atoms with Gasteiger partial charge in [0.15, 0.2) is 5.78 Å². The molecule has 0 amide bonds. The molecule has 0 saturated heterocycles. The number of Topliss-reactive ketones (excluding diaryl/α,β-unsaturated/α-hetero) is 12. The molecule has 6 aromatic carbocycles. The number of benzene rings is 6. The first-order valence-corrected chi connectivity index (χ1v) is 46.1. The molecule has 0 bridgehead atoms. The average molecular weight is 1980 g/mol. The van der Waals surface area contributed by atoms with Gasteiger partial charge in [0.1, 0.15) is 132 Å². The number of hydrogen-bond acceptors (Lipinski definition) is 29. The third-order valence-corrected chi connectivity index (χ3v) is 25.0. The summed E-state index contributed by atoms with van der Waals surface area (Å²) in [5.41, 5.74) is 5.94. The number of carbonyl (C=O) groups excluding carboxylic acids is 12. The minimum atomic E-state index is -1.40. The number of unbranched alkanes of at least 4 members (excludes halogenated alkanes) is 1. The highest BCUT2D eigenvalue weighted by atomic mass is 35.5. The lowest BCUT2D eigenvalue weighted by Gasteiger charge is -2.29. The molecule has 34 nitrogen and oxygen atoms in total. The van der Waals surface area contributed by atoms with Crippen LogP contribution in [0.25, 0.3) is 0 Å². The Labute approximate surface area is 819 Å². The fraction of sp³-hybridized carbons (Fsp3) is 0.433. The van der Waals surface area contributed by atoms with Crippen molar-refractivity contribution in [2.75, 3.05) is 0 Å². The molecule has 0 unspecified atom stereocenters. The maximum atomic E-state index is 14.3. The standard InChI is InChI=1S/C17H19BO4.2C16H18BClO6.C16H18BFO6.2C16H19BO6/c1-3-4-5-8-15(20)11-14-10-13-7-6-9-16(12(2)19)17(13)22-18(14)21;1-8-5-13(16(21)22)15-12(14(8)18)7-10(17(23)24-15)6-11(20)4-3-9(2)19;1-8(19)3-4-12(20)7-11-5-10-6-13(18)9(2)14(16(21)22)15(10)24-17(11)23;1-8-5-13(16(21)22)15-12(14(8)18)7-10(17(23)24-15)6-11(20)4-3-9(2)19;1-9-3-5-11-7-12(8-13(19)6-4-10(2)18)17(22)23-15(11)14(9)16(20)21;1-9-5-11-7-12(8-13(19)4-3-10(2)18)17(22)23-15(11)14(6-9)16(20)21/h1,6-7,9,14,21H,4-5,8,10-11H2,2H3;5,10,23H,3-4,6-7H2,1-2H3,(H,21,22);6,11,23H,3-5,7H2,1-2H3,(H,21,22);5,10,23H,3-4,6-7H2,1-2H3,(H,21,22);3,5,12,22H,4,6-8H2,1-2H3,(H,20,21);5-6,12,22H,3-4,7-8H2,1-2H3,(H,20,21)/t14-;10-;11-;10-;2*12-/m101011/s1. The summed E-state index contributed by atoms with van der Waals surface area (Å²) in [5.74, 6) is -7.19. The van der Waals surface area contributed by atoms with Crippen LogP contribution < -0.4 is 27.9 Å². The normalized spacial score (nSPS) is 16.4. The zero-order valence-electron chi connectivity index (χ0n) is 79.4. The average Bonchev–Trinajstić information content (AvgIpc) is 0.753. The zero-order valence-corrected chi connectivity index (χ0v) is 80.9. The van der Waals surface area contributed by atoms with Crippen molar-refractivity contribution in [2.45, 2.75) is 272 Å². The highest BCUT2D eigenvalue weighted by Crippen LogP contribution is 2.47. The molecule has 6 atom stereocenters. The van der Waals surface area contributed by atoms with E-state index in [0.29, 0.717) is 98.8 Å². The molecule has 0 aromatic heterocycles. The van der Waals surface area contributed by atoms with Gasteiger partial charge in [-0.15, -0.1) is 12.3 Å². The first kappa shape index (κ1) is 115. The second kappa shape index (κ2) is 52.8. The van der Waals surface area contributed by atoms with E-state index in [-0.39, 0.29) is 265 Å². The van der Waals surface area contributed by atoms with Gasteiger partial charge in [-0.2, -0.15) is 0 Å². The van der Waals surface area contributed by atoms with E-state index in [2.05, 4.69) is 5.92 Å². The van der Waals surface area contributed by atoms with E-state index < -0.39 is 107 Å². The number of terminal acetylenes is 1. The van der Waals surface area contributed by atoms with Crippen LogP contribution in [0.5, 0.6) is 34.5 Å². The maximum absolute atomic E-state index is 14.3. The van der Waals surface area contributed by atoms with Crippen LogP contribution in [-0.2, 0) is 91.3 Å². The van der Waals surface area contributed by atoms with Crippen LogP contribution >= 0.6 is 23.2 Å². The number of hydrogen-bond donors (Lipinski definition) is 11. The molecule has 0 radical (unpaired) electrons. The Kier molecular flexibility index (Phi) is 43.3. The summed E-state index contributed by atoms with van der Waals surface area (Å²) in [6.07, 6.45) is 10.6. The number of ketones is 12. The number of rotatable bonds is 36. The first-order chi connectivity index (χ1) is 65.7. The Morgan fingerprint density at radius 3 is 1.06 bits per heavy atom.